The van der Waals surface area contributed by atoms with Crippen LogP contribution in [0.3, 0.4) is 0 Å². The second-order valence-corrected chi connectivity index (χ2v) is 9.52. The van der Waals surface area contributed by atoms with E-state index >= 15 is 0 Å². The summed E-state index contributed by atoms with van der Waals surface area (Å²) >= 11 is 0. The Bertz CT molecular complexity index is 1100. The van der Waals surface area contributed by atoms with Gasteiger partial charge in [0.05, 0.1) is 18.9 Å². The lowest BCUT2D eigenvalue weighted by Crippen LogP contribution is -2.48. The van der Waals surface area contributed by atoms with Crippen LogP contribution in [-0.4, -0.2) is 48.3 Å². The van der Waals surface area contributed by atoms with Crippen LogP contribution in [0.25, 0.3) is 0 Å². The van der Waals surface area contributed by atoms with Crippen LogP contribution in [0, 0.1) is 23.7 Å². The summed E-state index contributed by atoms with van der Waals surface area (Å²) in [5, 5.41) is 2.66. The molecule has 3 amide bonds. The molecule has 0 radical (unpaired) electrons. The first-order chi connectivity index (χ1) is 17.0. The van der Waals surface area contributed by atoms with Gasteiger partial charge in [0.15, 0.2) is 6.61 Å². The van der Waals surface area contributed by atoms with Gasteiger partial charge < -0.3 is 14.8 Å². The molecule has 2 aliphatic carbocycles. The number of rotatable bonds is 8. The smallest absolute Gasteiger partial charge is 0.330 e. The number of methoxy groups -OCH3 is 1. The van der Waals surface area contributed by atoms with Gasteiger partial charge in [0.25, 0.3) is 5.91 Å². The third-order valence-corrected chi connectivity index (χ3v) is 7.54. The summed E-state index contributed by atoms with van der Waals surface area (Å²) in [5.74, 6) is -1.39. The second-order valence-electron chi connectivity index (χ2n) is 9.52. The summed E-state index contributed by atoms with van der Waals surface area (Å²) in [4.78, 5) is 53.4. The molecule has 8 nitrogen and oxygen atoms in total. The van der Waals surface area contributed by atoms with Crippen molar-refractivity contribution in [1.29, 1.82) is 0 Å². The fourth-order valence-corrected chi connectivity index (χ4v) is 5.96. The van der Waals surface area contributed by atoms with Crippen molar-refractivity contribution in [3.8, 4) is 5.75 Å². The average Bonchev–Trinajstić information content (AvgIpc) is 3.56. The van der Waals surface area contributed by atoms with E-state index in [1.165, 1.54) is 0 Å². The summed E-state index contributed by atoms with van der Waals surface area (Å²) in [5.41, 5.74) is 1.33. The van der Waals surface area contributed by atoms with Crippen molar-refractivity contribution in [3.63, 3.8) is 0 Å². The van der Waals surface area contributed by atoms with Gasteiger partial charge in [-0.1, -0.05) is 30.3 Å². The van der Waals surface area contributed by atoms with Crippen LogP contribution in [0.2, 0.25) is 0 Å². The Kier molecular flexibility index (Phi) is 6.28. The number of esters is 1. The van der Waals surface area contributed by atoms with Crippen LogP contribution in [0.4, 0.5) is 5.69 Å². The molecule has 2 aromatic rings. The van der Waals surface area contributed by atoms with Crippen LogP contribution in [-0.2, 0) is 30.3 Å². The zero-order valence-electron chi connectivity index (χ0n) is 19.5. The number of nitrogens with one attached hydrogen (secondary N) is 1. The predicted molar refractivity (Wildman–Crippen MR) is 126 cm³/mol. The molecule has 8 heteroatoms. The molecule has 3 fully saturated rings. The van der Waals surface area contributed by atoms with Gasteiger partial charge in [-0.15, -0.1) is 0 Å². The molecule has 0 aromatic heterocycles. The van der Waals surface area contributed by atoms with Crippen molar-refractivity contribution in [2.45, 2.75) is 31.7 Å². The molecule has 1 aliphatic heterocycles. The van der Waals surface area contributed by atoms with E-state index in [9.17, 15) is 19.2 Å². The fraction of sp³-hybridized carbons (Fsp3) is 0.407. The molecule has 1 heterocycles. The van der Waals surface area contributed by atoms with E-state index in [2.05, 4.69) is 5.32 Å². The lowest BCUT2D eigenvalue weighted by molar-refractivity contribution is -0.160. The Morgan fingerprint density at radius 2 is 1.60 bits per heavy atom. The molecule has 2 bridgehead atoms. The number of carbonyl (C=O) groups excluding carboxylic acids is 4. The first kappa shape index (κ1) is 23.1. The number of nitrogens with zero attached hydrogens (tertiary/aromatic N) is 1. The van der Waals surface area contributed by atoms with Crippen molar-refractivity contribution >= 4 is 29.4 Å². The van der Waals surface area contributed by atoms with Gasteiger partial charge in [0, 0.05) is 12.1 Å². The molecular formula is C27H28N2O6. The summed E-state index contributed by atoms with van der Waals surface area (Å²) in [6.45, 7) is -0.523. The minimum Gasteiger partial charge on any atom is -0.497 e. The van der Waals surface area contributed by atoms with Crippen LogP contribution in [0.5, 0.6) is 5.75 Å². The number of carbonyl (C=O) groups is 4. The Morgan fingerprint density at radius 3 is 2.20 bits per heavy atom. The van der Waals surface area contributed by atoms with Crippen LogP contribution in [0.1, 0.15) is 24.8 Å². The number of fused-ring (bicyclic) bond motifs is 5. The normalized spacial score (nSPS) is 25.3. The topological polar surface area (TPSA) is 102 Å². The quantitative estimate of drug-likeness (QED) is 0.464. The maximum absolute atomic E-state index is 13.4. The highest BCUT2D eigenvalue weighted by atomic mass is 16.5. The van der Waals surface area contributed by atoms with Crippen molar-refractivity contribution in [1.82, 2.24) is 4.90 Å². The zero-order chi connectivity index (χ0) is 24.5. The van der Waals surface area contributed by atoms with Gasteiger partial charge in [-0.25, -0.2) is 4.79 Å². The molecule has 0 unspecified atom stereocenters. The number of likely N-dealkylation sites (tertiary alicyclic amines) is 1. The summed E-state index contributed by atoms with van der Waals surface area (Å²) < 4.78 is 10.4. The monoisotopic (exact) mass is 476 g/mol. The largest absolute Gasteiger partial charge is 0.497 e. The average molecular weight is 477 g/mol. The fourth-order valence-electron chi connectivity index (χ4n) is 5.96. The predicted octanol–water partition coefficient (Wildman–Crippen LogP) is 2.82. The van der Waals surface area contributed by atoms with E-state index in [4.69, 9.17) is 9.47 Å². The minimum atomic E-state index is -1.10. The molecule has 2 aromatic carbocycles. The van der Waals surface area contributed by atoms with Crippen molar-refractivity contribution in [2.24, 2.45) is 23.7 Å². The maximum Gasteiger partial charge on any atom is 0.330 e. The van der Waals surface area contributed by atoms with Crippen LogP contribution < -0.4 is 10.1 Å². The number of ether oxygens (including phenoxy) is 2. The SMILES string of the molecule is COc1ccc(NC(=O)COC(=O)[C@H](Cc2ccccc2)N2C(=O)[C@@H]3[C@H]4CC[C@@H](C4)[C@H]3C2=O)cc1. The van der Waals surface area contributed by atoms with Gasteiger partial charge in [0.1, 0.15) is 11.8 Å². The standard InChI is InChI=1S/C27H28N2O6/c1-34-20-11-9-19(10-12-20)28-22(30)15-35-27(33)21(13-16-5-3-2-4-6-16)29-25(31)23-17-7-8-18(14-17)24(23)26(29)32/h2-6,9-12,17-18,21,23-24H,7-8,13-15H2,1H3,(H,28,30)/t17-,18-,21-,23+,24+/m0/s1. The Balaban J connectivity index is 1.29. The minimum absolute atomic E-state index is 0.145. The van der Waals surface area contributed by atoms with E-state index in [1.807, 2.05) is 30.3 Å². The van der Waals surface area contributed by atoms with Gasteiger partial charge in [-0.3, -0.25) is 19.3 Å². The molecule has 35 heavy (non-hydrogen) atoms. The third kappa shape index (κ3) is 4.40. The molecule has 182 valence electrons. The van der Waals surface area contributed by atoms with Crippen LogP contribution >= 0.6 is 0 Å². The number of imide groups is 1. The summed E-state index contributed by atoms with van der Waals surface area (Å²) in [6.07, 6.45) is 2.97. The number of amides is 3. The number of hydrogen-bond acceptors (Lipinski definition) is 6. The molecule has 5 rings (SSSR count). The van der Waals surface area contributed by atoms with Gasteiger partial charge in [0.2, 0.25) is 11.8 Å². The Morgan fingerprint density at radius 1 is 0.971 bits per heavy atom. The number of hydrogen-bond donors (Lipinski definition) is 1. The van der Waals surface area contributed by atoms with Gasteiger partial charge in [-0.2, -0.15) is 0 Å². The Labute approximate surface area is 203 Å². The first-order valence-corrected chi connectivity index (χ1v) is 12.0. The van der Waals surface area contributed by atoms with E-state index in [1.54, 1.807) is 31.4 Å². The van der Waals surface area contributed by atoms with E-state index in [-0.39, 0.29) is 41.9 Å². The lowest BCUT2D eigenvalue weighted by Gasteiger charge is -2.26. The second kappa shape index (κ2) is 9.52. The molecule has 1 saturated heterocycles. The van der Waals surface area contributed by atoms with Crippen molar-refractivity contribution in [3.05, 3.63) is 60.2 Å². The highest BCUT2D eigenvalue weighted by Gasteiger charge is 2.62. The number of anilines is 1. The maximum atomic E-state index is 13.4. The molecule has 1 N–H and O–H groups in total. The summed E-state index contributed by atoms with van der Waals surface area (Å²) in [7, 11) is 1.55. The van der Waals surface area contributed by atoms with Gasteiger partial charge in [-0.05, 0) is 60.9 Å². The lowest BCUT2D eigenvalue weighted by atomic mass is 9.81. The van der Waals surface area contributed by atoms with Gasteiger partial charge >= 0.3 is 5.97 Å². The highest BCUT2D eigenvalue weighted by molar-refractivity contribution is 6.08. The first-order valence-electron chi connectivity index (χ1n) is 12.0. The van der Waals surface area contributed by atoms with E-state index in [0.29, 0.717) is 11.4 Å². The molecule has 2 saturated carbocycles. The Hall–Kier alpha value is -3.68. The summed E-state index contributed by atoms with van der Waals surface area (Å²) in [6, 6.07) is 14.9. The van der Waals surface area contributed by atoms with E-state index in [0.717, 1.165) is 29.7 Å². The van der Waals surface area contributed by atoms with Crippen molar-refractivity contribution in [2.75, 3.05) is 19.0 Å². The zero-order valence-corrected chi connectivity index (χ0v) is 19.5. The van der Waals surface area contributed by atoms with Crippen molar-refractivity contribution < 1.29 is 28.7 Å². The van der Waals surface area contributed by atoms with Crippen LogP contribution in [0.15, 0.2) is 54.6 Å². The van der Waals surface area contributed by atoms with E-state index < -0.39 is 24.5 Å². The third-order valence-electron chi connectivity index (χ3n) is 7.54. The molecule has 5 atom stereocenters. The number of benzene rings is 2. The molecule has 0 spiro atoms. The highest BCUT2D eigenvalue weighted by Crippen LogP contribution is 2.56. The molecule has 3 aliphatic rings. The molecular weight excluding hydrogens is 448 g/mol.